The maximum Gasteiger partial charge on any atom is 0.236 e. The smallest absolute Gasteiger partial charge is 0.236 e. The molecule has 0 aromatic carbocycles. The highest BCUT2D eigenvalue weighted by Gasteiger charge is 2.25. The fourth-order valence-corrected chi connectivity index (χ4v) is 1.63. The zero-order chi connectivity index (χ0) is 11.1. The van der Waals surface area contributed by atoms with Crippen LogP contribution in [0.15, 0.2) is 0 Å². The van der Waals surface area contributed by atoms with E-state index in [1.807, 2.05) is 4.90 Å². The highest BCUT2D eigenvalue weighted by Crippen LogP contribution is 2.11. The molecular weight excluding hydrogens is 196 g/mol. The molecule has 88 valence electrons. The van der Waals surface area contributed by atoms with Crippen LogP contribution in [0.1, 0.15) is 6.42 Å². The zero-order valence-electron chi connectivity index (χ0n) is 9.49. The number of methoxy groups -OCH3 is 2. The lowest BCUT2D eigenvalue weighted by molar-refractivity contribution is -0.129. The van der Waals surface area contributed by atoms with Gasteiger partial charge >= 0.3 is 0 Å². The maximum absolute atomic E-state index is 11.6. The van der Waals surface area contributed by atoms with Gasteiger partial charge in [-0.2, -0.15) is 0 Å². The normalized spacial score (nSPS) is 20.9. The first-order chi connectivity index (χ1) is 7.27. The summed E-state index contributed by atoms with van der Waals surface area (Å²) in [5.41, 5.74) is 0. The first-order valence-electron chi connectivity index (χ1n) is 5.28. The van der Waals surface area contributed by atoms with E-state index in [-0.39, 0.29) is 12.0 Å². The number of rotatable bonds is 6. The SMILES string of the molecule is COCCNCC(=O)N1CC[C@@H](OC)C1. The quantitative estimate of drug-likeness (QED) is 0.606. The van der Waals surface area contributed by atoms with E-state index in [0.717, 1.165) is 19.5 Å². The molecule has 0 aromatic rings. The molecule has 1 saturated heterocycles. The van der Waals surface area contributed by atoms with Gasteiger partial charge in [-0.1, -0.05) is 0 Å². The van der Waals surface area contributed by atoms with Crippen molar-refractivity contribution in [2.45, 2.75) is 12.5 Å². The number of likely N-dealkylation sites (tertiary alicyclic amines) is 1. The van der Waals surface area contributed by atoms with Gasteiger partial charge in [0.25, 0.3) is 0 Å². The molecule has 1 aliphatic heterocycles. The molecule has 0 aromatic heterocycles. The summed E-state index contributed by atoms with van der Waals surface area (Å²) in [6.07, 6.45) is 1.16. The predicted molar refractivity (Wildman–Crippen MR) is 56.7 cm³/mol. The van der Waals surface area contributed by atoms with E-state index in [1.54, 1.807) is 14.2 Å². The molecule has 0 saturated carbocycles. The highest BCUT2D eigenvalue weighted by molar-refractivity contribution is 5.78. The van der Waals surface area contributed by atoms with Gasteiger partial charge in [-0.05, 0) is 6.42 Å². The lowest BCUT2D eigenvalue weighted by atomic mass is 10.3. The molecule has 1 amide bonds. The molecule has 15 heavy (non-hydrogen) atoms. The van der Waals surface area contributed by atoms with Gasteiger partial charge in [-0.25, -0.2) is 0 Å². The van der Waals surface area contributed by atoms with Crippen LogP contribution in [0.5, 0.6) is 0 Å². The first-order valence-corrected chi connectivity index (χ1v) is 5.28. The molecule has 5 heteroatoms. The largest absolute Gasteiger partial charge is 0.383 e. The van der Waals surface area contributed by atoms with E-state index in [1.165, 1.54) is 0 Å². The Morgan fingerprint density at radius 3 is 2.93 bits per heavy atom. The minimum Gasteiger partial charge on any atom is -0.383 e. The van der Waals surface area contributed by atoms with Crippen molar-refractivity contribution in [3.63, 3.8) is 0 Å². The van der Waals surface area contributed by atoms with Gasteiger partial charge in [-0.15, -0.1) is 0 Å². The van der Waals surface area contributed by atoms with Crippen LogP contribution in [0, 0.1) is 0 Å². The van der Waals surface area contributed by atoms with Gasteiger partial charge in [0.2, 0.25) is 5.91 Å². The minimum absolute atomic E-state index is 0.144. The van der Waals surface area contributed by atoms with E-state index in [9.17, 15) is 4.79 Å². The Kier molecular flexibility index (Phi) is 5.60. The Bertz CT molecular complexity index is 199. The molecule has 1 heterocycles. The Morgan fingerprint density at radius 2 is 2.33 bits per heavy atom. The van der Waals surface area contributed by atoms with Gasteiger partial charge in [0.15, 0.2) is 0 Å². The number of hydrogen-bond acceptors (Lipinski definition) is 4. The zero-order valence-corrected chi connectivity index (χ0v) is 9.49. The van der Waals surface area contributed by atoms with Crippen molar-refractivity contribution in [1.82, 2.24) is 10.2 Å². The second kappa shape index (κ2) is 6.76. The molecule has 1 N–H and O–H groups in total. The van der Waals surface area contributed by atoms with Crippen molar-refractivity contribution in [1.29, 1.82) is 0 Å². The maximum atomic E-state index is 11.6. The third-order valence-electron chi connectivity index (χ3n) is 2.59. The van der Waals surface area contributed by atoms with E-state index in [4.69, 9.17) is 9.47 Å². The molecule has 0 unspecified atom stereocenters. The Hall–Kier alpha value is -0.650. The van der Waals surface area contributed by atoms with Crippen molar-refractivity contribution in [3.05, 3.63) is 0 Å². The minimum atomic E-state index is 0.144. The van der Waals surface area contributed by atoms with E-state index in [2.05, 4.69) is 5.32 Å². The number of nitrogens with one attached hydrogen (secondary N) is 1. The topological polar surface area (TPSA) is 50.8 Å². The number of carbonyl (C=O) groups excluding carboxylic acids is 1. The van der Waals surface area contributed by atoms with Gasteiger partial charge in [0, 0.05) is 33.9 Å². The van der Waals surface area contributed by atoms with Crippen LogP contribution in [0.2, 0.25) is 0 Å². The summed E-state index contributed by atoms with van der Waals surface area (Å²) in [4.78, 5) is 13.5. The van der Waals surface area contributed by atoms with Crippen molar-refractivity contribution in [3.8, 4) is 0 Å². The predicted octanol–water partition coefficient (Wildman–Crippen LogP) is -0.530. The Morgan fingerprint density at radius 1 is 1.53 bits per heavy atom. The molecule has 5 nitrogen and oxygen atoms in total. The number of amides is 1. The fraction of sp³-hybridized carbons (Fsp3) is 0.900. The standard InChI is InChI=1S/C10H20N2O3/c1-14-6-4-11-7-10(13)12-5-3-9(8-12)15-2/h9,11H,3-8H2,1-2H3/t9-/m1/s1. The summed E-state index contributed by atoms with van der Waals surface area (Å²) >= 11 is 0. The van der Waals surface area contributed by atoms with Gasteiger partial charge in [-0.3, -0.25) is 4.79 Å². The average Bonchev–Trinajstić information content (AvgIpc) is 2.72. The van der Waals surface area contributed by atoms with E-state index in [0.29, 0.717) is 19.7 Å². The summed E-state index contributed by atoms with van der Waals surface area (Å²) < 4.78 is 10.1. The molecule has 1 fully saturated rings. The monoisotopic (exact) mass is 216 g/mol. The van der Waals surface area contributed by atoms with Gasteiger partial charge in [0.05, 0.1) is 19.3 Å². The van der Waals surface area contributed by atoms with Crippen LogP contribution in [-0.4, -0.2) is 63.9 Å². The van der Waals surface area contributed by atoms with Crippen LogP contribution in [0.3, 0.4) is 0 Å². The molecule has 1 rings (SSSR count). The highest BCUT2D eigenvalue weighted by atomic mass is 16.5. The summed E-state index contributed by atoms with van der Waals surface area (Å²) in [6.45, 7) is 3.27. The van der Waals surface area contributed by atoms with Gasteiger partial charge in [0.1, 0.15) is 0 Å². The second-order valence-electron chi connectivity index (χ2n) is 3.66. The van der Waals surface area contributed by atoms with Crippen LogP contribution in [0.25, 0.3) is 0 Å². The molecule has 0 aliphatic carbocycles. The lowest BCUT2D eigenvalue weighted by Gasteiger charge is -2.16. The second-order valence-corrected chi connectivity index (χ2v) is 3.66. The van der Waals surface area contributed by atoms with Crippen LogP contribution < -0.4 is 5.32 Å². The summed E-state index contributed by atoms with van der Waals surface area (Å²) in [7, 11) is 3.34. The molecule has 0 radical (unpaired) electrons. The van der Waals surface area contributed by atoms with Crippen molar-refractivity contribution in [2.24, 2.45) is 0 Å². The number of nitrogens with zero attached hydrogens (tertiary/aromatic N) is 1. The van der Waals surface area contributed by atoms with Crippen molar-refractivity contribution >= 4 is 5.91 Å². The fourth-order valence-electron chi connectivity index (χ4n) is 1.63. The summed E-state index contributed by atoms with van der Waals surface area (Å²) in [6, 6.07) is 0. The molecule has 1 atom stereocenters. The number of hydrogen-bond donors (Lipinski definition) is 1. The summed E-state index contributed by atoms with van der Waals surface area (Å²) in [5, 5.41) is 3.04. The molecule has 0 bridgehead atoms. The van der Waals surface area contributed by atoms with Crippen LogP contribution >= 0.6 is 0 Å². The summed E-state index contributed by atoms with van der Waals surface area (Å²) in [5.74, 6) is 0.144. The lowest BCUT2D eigenvalue weighted by Crippen LogP contribution is -2.38. The Labute approximate surface area is 90.7 Å². The number of carbonyl (C=O) groups is 1. The third kappa shape index (κ3) is 4.15. The van der Waals surface area contributed by atoms with E-state index < -0.39 is 0 Å². The first kappa shape index (κ1) is 12.4. The molecule has 0 spiro atoms. The molecular formula is C10H20N2O3. The average molecular weight is 216 g/mol. The number of ether oxygens (including phenoxy) is 2. The molecule has 1 aliphatic rings. The van der Waals surface area contributed by atoms with Gasteiger partial charge < -0.3 is 19.7 Å². The van der Waals surface area contributed by atoms with Crippen molar-refractivity contribution < 1.29 is 14.3 Å². The van der Waals surface area contributed by atoms with Crippen LogP contribution in [-0.2, 0) is 14.3 Å². The van der Waals surface area contributed by atoms with Crippen molar-refractivity contribution in [2.75, 3.05) is 47.0 Å². The third-order valence-corrected chi connectivity index (χ3v) is 2.59. The van der Waals surface area contributed by atoms with Crippen LogP contribution in [0.4, 0.5) is 0 Å². The Balaban J connectivity index is 2.12. The van der Waals surface area contributed by atoms with E-state index >= 15 is 0 Å².